The van der Waals surface area contributed by atoms with Gasteiger partial charge in [-0.15, -0.1) is 0 Å². The molecule has 0 radical (unpaired) electrons. The number of likely N-dealkylation sites (N-methyl/N-ethyl adjacent to an activating group) is 1. The van der Waals surface area contributed by atoms with E-state index in [9.17, 15) is 0 Å². The lowest BCUT2D eigenvalue weighted by atomic mass is 10.2. The standard InChI is InChI=1S/C16H22ClN3O/c1-4-18-15(11-21-13-8-6-5-7-9-13)16-14(17)10-19-20(16)12(2)3/h5-10,12,15,18H,4,11H2,1-3H3. The fourth-order valence-electron chi connectivity index (χ4n) is 2.27. The smallest absolute Gasteiger partial charge is 0.119 e. The molecular formula is C16H22ClN3O. The highest BCUT2D eigenvalue weighted by Gasteiger charge is 2.21. The summed E-state index contributed by atoms with van der Waals surface area (Å²) in [5, 5.41) is 8.46. The molecule has 0 aliphatic carbocycles. The molecule has 4 nitrogen and oxygen atoms in total. The largest absolute Gasteiger partial charge is 0.492 e. The molecule has 1 atom stereocenters. The summed E-state index contributed by atoms with van der Waals surface area (Å²) in [6.07, 6.45) is 1.70. The zero-order valence-corrected chi connectivity index (χ0v) is 13.5. The van der Waals surface area contributed by atoms with Gasteiger partial charge in [-0.3, -0.25) is 4.68 Å². The number of halogens is 1. The third-order valence-corrected chi connectivity index (χ3v) is 3.51. The van der Waals surface area contributed by atoms with Crippen LogP contribution in [0.5, 0.6) is 5.75 Å². The van der Waals surface area contributed by atoms with Crippen molar-refractivity contribution in [2.45, 2.75) is 32.9 Å². The summed E-state index contributed by atoms with van der Waals surface area (Å²) in [6.45, 7) is 7.60. The van der Waals surface area contributed by atoms with Gasteiger partial charge in [0, 0.05) is 6.04 Å². The number of nitrogens with one attached hydrogen (secondary N) is 1. The van der Waals surface area contributed by atoms with Crippen molar-refractivity contribution in [3.8, 4) is 5.75 Å². The zero-order chi connectivity index (χ0) is 15.2. The van der Waals surface area contributed by atoms with E-state index < -0.39 is 0 Å². The molecule has 21 heavy (non-hydrogen) atoms. The van der Waals surface area contributed by atoms with Gasteiger partial charge in [-0.25, -0.2) is 0 Å². The van der Waals surface area contributed by atoms with Crippen LogP contribution in [0, 0.1) is 0 Å². The monoisotopic (exact) mass is 307 g/mol. The molecule has 0 bridgehead atoms. The van der Waals surface area contributed by atoms with Crippen molar-refractivity contribution in [1.29, 1.82) is 0 Å². The van der Waals surface area contributed by atoms with Gasteiger partial charge in [0.15, 0.2) is 0 Å². The van der Waals surface area contributed by atoms with Crippen molar-refractivity contribution in [2.24, 2.45) is 0 Å². The maximum Gasteiger partial charge on any atom is 0.119 e. The number of rotatable bonds is 7. The van der Waals surface area contributed by atoms with Gasteiger partial charge in [-0.1, -0.05) is 36.7 Å². The Kier molecular flexibility index (Phi) is 5.65. The van der Waals surface area contributed by atoms with Gasteiger partial charge in [0.1, 0.15) is 12.4 Å². The second-order valence-corrected chi connectivity index (χ2v) is 5.56. The van der Waals surface area contributed by atoms with Gasteiger partial charge in [0.05, 0.1) is 23.0 Å². The minimum atomic E-state index is 0.00704. The summed E-state index contributed by atoms with van der Waals surface area (Å²) in [5.41, 5.74) is 0.976. The Morgan fingerprint density at radius 2 is 2.00 bits per heavy atom. The topological polar surface area (TPSA) is 39.1 Å². The van der Waals surface area contributed by atoms with Crippen LogP contribution in [-0.2, 0) is 0 Å². The summed E-state index contributed by atoms with van der Waals surface area (Å²) in [5.74, 6) is 0.854. The Labute approximate surface area is 131 Å². The predicted octanol–water partition coefficient (Wildman–Crippen LogP) is 3.85. The summed E-state index contributed by atoms with van der Waals surface area (Å²) >= 11 is 6.32. The van der Waals surface area contributed by atoms with Gasteiger partial charge in [0.25, 0.3) is 0 Å². The molecule has 1 heterocycles. The number of aromatic nitrogens is 2. The molecule has 2 aromatic rings. The Morgan fingerprint density at radius 1 is 1.29 bits per heavy atom. The van der Waals surface area contributed by atoms with E-state index in [4.69, 9.17) is 16.3 Å². The molecular weight excluding hydrogens is 286 g/mol. The first kappa shape index (κ1) is 15.9. The maximum absolute atomic E-state index is 6.32. The summed E-state index contributed by atoms with van der Waals surface area (Å²) in [4.78, 5) is 0. The van der Waals surface area contributed by atoms with Crippen molar-refractivity contribution in [3.63, 3.8) is 0 Å². The van der Waals surface area contributed by atoms with E-state index in [1.54, 1.807) is 6.20 Å². The SMILES string of the molecule is CCNC(COc1ccccc1)c1c(Cl)cnn1C(C)C. The van der Waals surface area contributed by atoms with Gasteiger partial charge in [-0.05, 0) is 32.5 Å². The second kappa shape index (κ2) is 7.48. The molecule has 1 unspecified atom stereocenters. The molecule has 1 aromatic heterocycles. The molecule has 5 heteroatoms. The van der Waals surface area contributed by atoms with Gasteiger partial charge in [0.2, 0.25) is 0 Å². The summed E-state index contributed by atoms with van der Waals surface area (Å²) in [7, 11) is 0. The predicted molar refractivity (Wildman–Crippen MR) is 86.0 cm³/mol. The van der Waals surface area contributed by atoms with Crippen LogP contribution in [0.4, 0.5) is 0 Å². The van der Waals surface area contributed by atoms with Crippen molar-refractivity contribution in [2.75, 3.05) is 13.2 Å². The Hall–Kier alpha value is -1.52. The quantitative estimate of drug-likeness (QED) is 0.844. The van der Waals surface area contributed by atoms with Gasteiger partial charge < -0.3 is 10.1 Å². The van der Waals surface area contributed by atoms with Crippen LogP contribution in [0.3, 0.4) is 0 Å². The molecule has 1 N–H and O–H groups in total. The molecule has 0 saturated heterocycles. The number of hydrogen-bond acceptors (Lipinski definition) is 3. The van der Waals surface area contributed by atoms with Crippen molar-refractivity contribution >= 4 is 11.6 Å². The van der Waals surface area contributed by atoms with Crippen LogP contribution in [0.1, 0.15) is 38.5 Å². The van der Waals surface area contributed by atoms with E-state index in [2.05, 4.69) is 31.2 Å². The lowest BCUT2D eigenvalue weighted by molar-refractivity contribution is 0.258. The molecule has 114 valence electrons. The molecule has 1 aromatic carbocycles. The Balaban J connectivity index is 2.17. The first-order chi connectivity index (χ1) is 10.1. The Bertz CT molecular complexity index is 554. The van der Waals surface area contributed by atoms with Crippen LogP contribution in [0.25, 0.3) is 0 Å². The maximum atomic E-state index is 6.32. The van der Waals surface area contributed by atoms with E-state index >= 15 is 0 Å². The highest BCUT2D eigenvalue weighted by atomic mass is 35.5. The second-order valence-electron chi connectivity index (χ2n) is 5.15. The van der Waals surface area contributed by atoms with Crippen LogP contribution < -0.4 is 10.1 Å². The van der Waals surface area contributed by atoms with E-state index in [-0.39, 0.29) is 12.1 Å². The van der Waals surface area contributed by atoms with Crippen molar-refractivity contribution < 1.29 is 4.74 Å². The van der Waals surface area contributed by atoms with Crippen LogP contribution in [-0.4, -0.2) is 22.9 Å². The summed E-state index contributed by atoms with van der Waals surface area (Å²) < 4.78 is 7.82. The average molecular weight is 308 g/mol. The number of ether oxygens (including phenoxy) is 1. The van der Waals surface area contributed by atoms with Crippen molar-refractivity contribution in [3.05, 3.63) is 47.2 Å². The first-order valence-corrected chi connectivity index (χ1v) is 7.65. The first-order valence-electron chi connectivity index (χ1n) is 7.27. The van der Waals surface area contributed by atoms with Gasteiger partial charge >= 0.3 is 0 Å². The minimum absolute atomic E-state index is 0.00704. The molecule has 0 amide bonds. The molecule has 0 aliphatic rings. The molecule has 0 spiro atoms. The highest BCUT2D eigenvalue weighted by molar-refractivity contribution is 6.31. The third-order valence-electron chi connectivity index (χ3n) is 3.22. The average Bonchev–Trinajstić information content (AvgIpc) is 2.86. The van der Waals surface area contributed by atoms with Crippen molar-refractivity contribution in [1.82, 2.24) is 15.1 Å². The molecule has 0 aliphatic heterocycles. The number of benzene rings is 1. The molecule has 0 fully saturated rings. The molecule has 0 saturated carbocycles. The summed E-state index contributed by atoms with van der Waals surface area (Å²) in [6, 6.07) is 10.1. The highest BCUT2D eigenvalue weighted by Crippen LogP contribution is 2.26. The fraction of sp³-hybridized carbons (Fsp3) is 0.438. The van der Waals surface area contributed by atoms with E-state index in [1.807, 2.05) is 35.0 Å². The molecule has 2 rings (SSSR count). The van der Waals surface area contributed by atoms with Crippen LogP contribution in [0.15, 0.2) is 36.5 Å². The van der Waals surface area contributed by atoms with Gasteiger partial charge in [-0.2, -0.15) is 5.10 Å². The third kappa shape index (κ3) is 3.99. The normalized spacial score (nSPS) is 12.6. The number of nitrogens with zero attached hydrogens (tertiary/aromatic N) is 2. The number of para-hydroxylation sites is 1. The van der Waals surface area contributed by atoms with E-state index in [0.717, 1.165) is 18.0 Å². The van der Waals surface area contributed by atoms with Crippen LogP contribution >= 0.6 is 11.6 Å². The Morgan fingerprint density at radius 3 is 2.62 bits per heavy atom. The minimum Gasteiger partial charge on any atom is -0.492 e. The number of hydrogen-bond donors (Lipinski definition) is 1. The van der Waals surface area contributed by atoms with Crippen LogP contribution in [0.2, 0.25) is 5.02 Å². The lowest BCUT2D eigenvalue weighted by Crippen LogP contribution is -2.29. The fourth-order valence-corrected chi connectivity index (χ4v) is 2.53. The zero-order valence-electron chi connectivity index (χ0n) is 12.7. The lowest BCUT2D eigenvalue weighted by Gasteiger charge is -2.22. The van der Waals surface area contributed by atoms with E-state index in [0.29, 0.717) is 11.6 Å². The van der Waals surface area contributed by atoms with E-state index in [1.165, 1.54) is 0 Å².